The molecule has 110 valence electrons. The van der Waals surface area contributed by atoms with Crippen molar-refractivity contribution in [3.63, 3.8) is 0 Å². The van der Waals surface area contributed by atoms with Crippen molar-refractivity contribution in [2.75, 3.05) is 0 Å². The van der Waals surface area contributed by atoms with Crippen molar-refractivity contribution in [2.24, 2.45) is 0 Å². The normalized spacial score (nSPS) is 10.9. The molecule has 0 nitrogen and oxygen atoms in total. The second-order valence-electron chi connectivity index (χ2n) is 5.60. The first-order valence-corrected chi connectivity index (χ1v) is 7.71. The van der Waals surface area contributed by atoms with E-state index in [0.29, 0.717) is 0 Å². The molecule has 0 N–H and O–H groups in total. The minimum atomic E-state index is -0.0591. The summed E-state index contributed by atoms with van der Waals surface area (Å²) in [5, 5.41) is 0. The average Bonchev–Trinajstić information content (AvgIpc) is 2.39. The van der Waals surface area contributed by atoms with Crippen LogP contribution in [0.2, 0.25) is 0 Å². The van der Waals surface area contributed by atoms with Crippen LogP contribution >= 0.6 is 0 Å². The van der Waals surface area contributed by atoms with Crippen LogP contribution in [0.4, 0.5) is 4.39 Å². The SMILES string of the molecule is CCC(C)(CC)c1ccc(C)cc1F.CCCCC. The lowest BCUT2D eigenvalue weighted by Gasteiger charge is -2.27. The first kappa shape index (κ1) is 18.1. The highest BCUT2D eigenvalue weighted by atomic mass is 19.1. The monoisotopic (exact) mass is 266 g/mol. The van der Waals surface area contributed by atoms with Crippen molar-refractivity contribution >= 4 is 0 Å². The van der Waals surface area contributed by atoms with Gasteiger partial charge in [-0.05, 0) is 42.4 Å². The topological polar surface area (TPSA) is 0 Å². The number of rotatable bonds is 5. The highest BCUT2D eigenvalue weighted by Crippen LogP contribution is 2.32. The zero-order chi connectivity index (χ0) is 14.9. The second kappa shape index (κ2) is 9.12. The van der Waals surface area contributed by atoms with Crippen LogP contribution in [0.25, 0.3) is 0 Å². The smallest absolute Gasteiger partial charge is 0.127 e. The van der Waals surface area contributed by atoms with E-state index in [2.05, 4.69) is 34.6 Å². The highest BCUT2D eigenvalue weighted by Gasteiger charge is 2.25. The lowest BCUT2D eigenvalue weighted by Crippen LogP contribution is -2.21. The molecule has 0 atom stereocenters. The largest absolute Gasteiger partial charge is 0.207 e. The van der Waals surface area contributed by atoms with Crippen molar-refractivity contribution in [3.8, 4) is 0 Å². The molecule has 0 aromatic heterocycles. The molecule has 0 spiro atoms. The predicted molar refractivity (Wildman–Crippen MR) is 84.3 cm³/mol. The van der Waals surface area contributed by atoms with Gasteiger partial charge in [-0.2, -0.15) is 0 Å². The lowest BCUT2D eigenvalue weighted by atomic mass is 9.77. The summed E-state index contributed by atoms with van der Waals surface area (Å²) in [7, 11) is 0. The molecule has 0 saturated carbocycles. The van der Waals surface area contributed by atoms with E-state index in [9.17, 15) is 4.39 Å². The third-order valence-corrected chi connectivity index (χ3v) is 4.04. The number of benzene rings is 1. The van der Waals surface area contributed by atoms with Crippen LogP contribution in [0.5, 0.6) is 0 Å². The Morgan fingerprint density at radius 2 is 1.53 bits per heavy atom. The molecule has 19 heavy (non-hydrogen) atoms. The molecule has 1 heteroatoms. The summed E-state index contributed by atoms with van der Waals surface area (Å²) in [4.78, 5) is 0. The quantitative estimate of drug-likeness (QED) is 0.577. The minimum absolute atomic E-state index is 0.0161. The third-order valence-electron chi connectivity index (χ3n) is 4.04. The van der Waals surface area contributed by atoms with Crippen LogP contribution < -0.4 is 0 Å². The van der Waals surface area contributed by atoms with Crippen LogP contribution in [0.15, 0.2) is 18.2 Å². The van der Waals surface area contributed by atoms with E-state index >= 15 is 0 Å². The van der Waals surface area contributed by atoms with Gasteiger partial charge in [0.25, 0.3) is 0 Å². The predicted octanol–water partition coefficient (Wildman–Crippen LogP) is 6.41. The molecule has 1 aromatic carbocycles. The van der Waals surface area contributed by atoms with Crippen LogP contribution in [-0.2, 0) is 5.41 Å². The van der Waals surface area contributed by atoms with Gasteiger partial charge in [-0.3, -0.25) is 0 Å². The minimum Gasteiger partial charge on any atom is -0.207 e. The molecule has 0 fully saturated rings. The zero-order valence-electron chi connectivity index (χ0n) is 13.6. The van der Waals surface area contributed by atoms with Gasteiger partial charge in [0.2, 0.25) is 0 Å². The molecule has 0 aliphatic heterocycles. The van der Waals surface area contributed by atoms with Crippen molar-refractivity contribution in [3.05, 3.63) is 35.1 Å². The summed E-state index contributed by atoms with van der Waals surface area (Å²) in [6, 6.07) is 5.54. The first-order valence-electron chi connectivity index (χ1n) is 7.71. The molecular weight excluding hydrogens is 235 g/mol. The van der Waals surface area contributed by atoms with Crippen LogP contribution in [0.1, 0.15) is 77.8 Å². The van der Waals surface area contributed by atoms with Gasteiger partial charge < -0.3 is 0 Å². The first-order chi connectivity index (χ1) is 8.95. The Kier molecular flexibility index (Phi) is 8.71. The maximum Gasteiger partial charge on any atom is 0.127 e. The second-order valence-corrected chi connectivity index (χ2v) is 5.60. The Morgan fingerprint density at radius 3 is 1.84 bits per heavy atom. The van der Waals surface area contributed by atoms with Gasteiger partial charge in [-0.25, -0.2) is 4.39 Å². The molecule has 1 aromatic rings. The van der Waals surface area contributed by atoms with Gasteiger partial charge in [0.05, 0.1) is 0 Å². The van der Waals surface area contributed by atoms with E-state index in [0.717, 1.165) is 24.0 Å². The molecule has 0 saturated heterocycles. The van der Waals surface area contributed by atoms with Crippen molar-refractivity contribution in [1.82, 2.24) is 0 Å². The lowest BCUT2D eigenvalue weighted by molar-refractivity contribution is 0.415. The molecule has 1 rings (SSSR count). The molecule has 0 radical (unpaired) electrons. The summed E-state index contributed by atoms with van der Waals surface area (Å²) in [5.41, 5.74) is 1.83. The summed E-state index contributed by atoms with van der Waals surface area (Å²) in [5.74, 6) is -0.0591. The van der Waals surface area contributed by atoms with Crippen molar-refractivity contribution in [1.29, 1.82) is 0 Å². The van der Waals surface area contributed by atoms with E-state index in [1.54, 1.807) is 6.07 Å². The summed E-state index contributed by atoms with van der Waals surface area (Å²) >= 11 is 0. The Labute approximate surface area is 119 Å². The summed E-state index contributed by atoms with van der Waals surface area (Å²) in [6.45, 7) is 12.7. The maximum absolute atomic E-state index is 13.7. The van der Waals surface area contributed by atoms with Gasteiger partial charge in [0.1, 0.15) is 5.82 Å². The van der Waals surface area contributed by atoms with Crippen molar-refractivity contribution < 1.29 is 4.39 Å². The van der Waals surface area contributed by atoms with E-state index in [1.165, 1.54) is 19.3 Å². The van der Waals surface area contributed by atoms with Crippen molar-refractivity contribution in [2.45, 2.75) is 79.1 Å². The number of hydrogen-bond donors (Lipinski definition) is 0. The number of hydrogen-bond acceptors (Lipinski definition) is 0. The molecule has 0 heterocycles. The molecular formula is C18H31F. The Hall–Kier alpha value is -0.850. The van der Waals surface area contributed by atoms with Gasteiger partial charge >= 0.3 is 0 Å². The van der Waals surface area contributed by atoms with E-state index < -0.39 is 0 Å². The van der Waals surface area contributed by atoms with Crippen LogP contribution in [0, 0.1) is 12.7 Å². The Balaban J connectivity index is 0.000000555. The zero-order valence-corrected chi connectivity index (χ0v) is 13.6. The van der Waals surface area contributed by atoms with E-state index in [4.69, 9.17) is 0 Å². The Bertz CT molecular complexity index is 349. The maximum atomic E-state index is 13.7. The molecule has 0 bridgehead atoms. The van der Waals surface area contributed by atoms with Gasteiger partial charge in [-0.1, -0.05) is 66.0 Å². The molecule has 0 amide bonds. The fourth-order valence-corrected chi connectivity index (χ4v) is 2.09. The third kappa shape index (κ3) is 5.76. The van der Waals surface area contributed by atoms with Gasteiger partial charge in [0, 0.05) is 0 Å². The standard InChI is InChI=1S/C13H19F.C5H12/c1-5-13(4,6-2)11-8-7-10(3)9-12(11)14;1-3-5-4-2/h7-9H,5-6H2,1-4H3;3-5H2,1-2H3. The molecule has 0 aliphatic carbocycles. The van der Waals surface area contributed by atoms with E-state index in [-0.39, 0.29) is 11.2 Å². The van der Waals surface area contributed by atoms with Crippen LogP contribution in [0.3, 0.4) is 0 Å². The summed E-state index contributed by atoms with van der Waals surface area (Å²) in [6.07, 6.45) is 6.03. The highest BCUT2D eigenvalue weighted by molar-refractivity contribution is 5.29. The van der Waals surface area contributed by atoms with E-state index in [1.807, 2.05) is 19.1 Å². The van der Waals surface area contributed by atoms with Gasteiger partial charge in [-0.15, -0.1) is 0 Å². The fourth-order valence-electron chi connectivity index (χ4n) is 2.09. The van der Waals surface area contributed by atoms with Crippen LogP contribution in [-0.4, -0.2) is 0 Å². The number of unbranched alkanes of at least 4 members (excludes halogenated alkanes) is 2. The molecule has 0 unspecified atom stereocenters. The number of aryl methyl sites for hydroxylation is 1. The Morgan fingerprint density at radius 1 is 1.00 bits per heavy atom. The average molecular weight is 266 g/mol. The number of halogens is 1. The van der Waals surface area contributed by atoms with Gasteiger partial charge in [0.15, 0.2) is 0 Å². The molecule has 0 aliphatic rings. The summed E-state index contributed by atoms with van der Waals surface area (Å²) < 4.78 is 13.7. The fraction of sp³-hybridized carbons (Fsp3) is 0.667.